The van der Waals surface area contributed by atoms with Gasteiger partial charge in [0.2, 0.25) is 5.79 Å². The number of hydrogen-bond donors (Lipinski definition) is 2. The summed E-state index contributed by atoms with van der Waals surface area (Å²) in [5.74, 6) is -6.69. The molecule has 12 atom stereocenters. The monoisotopic (exact) mass is 930 g/mol. The standard InChI is InChI=1S/C51H79NO14/c1-33-16-12-10-9-11-13-17-34(2)45(54)47(63-8)46(55)35(3)19-23-38(53)31-39(25-21-37-22-26-42(44(30-37)62-7)64-29-28-60-5)65-50(58)41-18-14-15-27-52(41)49(57)48(56)51(59)36(4)20-24-40(66-51)32-43(33)61-6/h9-12,16,19,34,36-37,39-44,46-47,55,59H,13-15,17-18,20-32H2,1-8H3/b11-9+,12-10+,33-16+,35-19+/t34-,36-,37-,39-,40+,41+,42-,43+,44-,46-,47+,51-/m1/s1. The highest BCUT2D eigenvalue weighted by atomic mass is 16.6. The Kier molecular flexibility index (Phi) is 23.0. The first-order chi connectivity index (χ1) is 31.6. The lowest BCUT2D eigenvalue weighted by atomic mass is 9.81. The van der Waals surface area contributed by atoms with Gasteiger partial charge in [0.25, 0.3) is 11.7 Å². The van der Waals surface area contributed by atoms with Gasteiger partial charge in [0, 0.05) is 66.1 Å². The van der Waals surface area contributed by atoms with E-state index >= 15 is 0 Å². The summed E-state index contributed by atoms with van der Waals surface area (Å²) in [6.07, 6.45) is 13.5. The molecule has 4 rings (SSSR count). The largest absolute Gasteiger partial charge is 0.460 e. The highest BCUT2D eigenvalue weighted by Gasteiger charge is 2.53. The van der Waals surface area contributed by atoms with E-state index in [9.17, 15) is 34.2 Å². The van der Waals surface area contributed by atoms with E-state index in [0.717, 1.165) is 18.4 Å². The highest BCUT2D eigenvalue weighted by molar-refractivity contribution is 6.39. The maximum atomic E-state index is 14.2. The third-order valence-corrected chi connectivity index (χ3v) is 14.1. The number of amides is 1. The number of piperidine rings is 1. The summed E-state index contributed by atoms with van der Waals surface area (Å²) in [7, 11) is 6.24. The molecule has 0 aromatic rings. The number of carbonyl (C=O) groups excluding carboxylic acids is 5. The van der Waals surface area contributed by atoms with E-state index in [-0.39, 0.29) is 55.5 Å². The van der Waals surface area contributed by atoms with Crippen LogP contribution in [0, 0.1) is 17.8 Å². The van der Waals surface area contributed by atoms with Gasteiger partial charge in [-0.05, 0) is 108 Å². The summed E-state index contributed by atoms with van der Waals surface area (Å²) in [4.78, 5) is 71.0. The highest BCUT2D eigenvalue weighted by Crippen LogP contribution is 2.37. The molecule has 1 saturated carbocycles. The van der Waals surface area contributed by atoms with E-state index in [2.05, 4.69) is 0 Å². The number of esters is 1. The zero-order chi connectivity index (χ0) is 48.4. The zero-order valence-corrected chi connectivity index (χ0v) is 40.8. The molecule has 0 aromatic carbocycles. The maximum absolute atomic E-state index is 14.2. The molecule has 4 aliphatic rings. The molecule has 0 aromatic heterocycles. The van der Waals surface area contributed by atoms with Crippen molar-refractivity contribution in [3.63, 3.8) is 0 Å². The number of Topliss-reactive ketones (excluding diaryl/α,β-unsaturated/α-hetero) is 3. The quantitative estimate of drug-likeness (QED) is 0.110. The van der Waals surface area contributed by atoms with Crippen molar-refractivity contribution in [2.45, 2.75) is 179 Å². The van der Waals surface area contributed by atoms with Crippen LogP contribution in [-0.2, 0) is 57.1 Å². The van der Waals surface area contributed by atoms with Gasteiger partial charge in [0.05, 0.1) is 37.6 Å². The summed E-state index contributed by atoms with van der Waals surface area (Å²) in [6, 6.07) is -1.11. The van der Waals surface area contributed by atoms with Crippen molar-refractivity contribution in [2.75, 3.05) is 48.2 Å². The Labute approximate surface area is 392 Å². The molecule has 2 bridgehead atoms. The number of nitrogens with zero attached hydrogens (tertiary/aromatic N) is 1. The Balaban J connectivity index is 1.62. The molecule has 15 heteroatoms. The van der Waals surface area contributed by atoms with E-state index < -0.39 is 71.8 Å². The van der Waals surface area contributed by atoms with E-state index in [1.54, 1.807) is 48.2 Å². The molecule has 3 aliphatic heterocycles. The topological polar surface area (TPSA) is 194 Å². The molecule has 0 radical (unpaired) electrons. The number of hydrogen-bond acceptors (Lipinski definition) is 14. The van der Waals surface area contributed by atoms with Crippen molar-refractivity contribution >= 4 is 29.2 Å². The van der Waals surface area contributed by atoms with Crippen molar-refractivity contribution in [3.05, 3.63) is 47.6 Å². The molecule has 1 aliphatic carbocycles. The predicted octanol–water partition coefficient (Wildman–Crippen LogP) is 6.11. The smallest absolute Gasteiger partial charge is 0.329 e. The number of cyclic esters (lactones) is 1. The summed E-state index contributed by atoms with van der Waals surface area (Å²) < 4.78 is 40.6. The molecular formula is C51H79NO14. The minimum Gasteiger partial charge on any atom is -0.460 e. The summed E-state index contributed by atoms with van der Waals surface area (Å²) >= 11 is 0. The first kappa shape index (κ1) is 55.2. The van der Waals surface area contributed by atoms with Crippen LogP contribution in [0.25, 0.3) is 0 Å². The summed E-state index contributed by atoms with van der Waals surface area (Å²) in [5.41, 5.74) is 1.29. The van der Waals surface area contributed by atoms with E-state index in [0.29, 0.717) is 83.0 Å². The van der Waals surface area contributed by atoms with Crippen molar-refractivity contribution in [2.24, 2.45) is 17.8 Å². The minimum atomic E-state index is -2.42. The third kappa shape index (κ3) is 15.6. The van der Waals surface area contributed by atoms with Gasteiger partial charge in [-0.3, -0.25) is 19.2 Å². The van der Waals surface area contributed by atoms with Crippen LogP contribution in [0.4, 0.5) is 0 Å². The Bertz CT molecular complexity index is 1720. The van der Waals surface area contributed by atoms with Gasteiger partial charge < -0.3 is 48.3 Å². The normalized spacial score (nSPS) is 37.2. The third-order valence-electron chi connectivity index (χ3n) is 14.1. The van der Waals surface area contributed by atoms with E-state index in [1.165, 1.54) is 12.0 Å². The fraction of sp³-hybridized carbons (Fsp3) is 0.745. The lowest BCUT2D eigenvalue weighted by molar-refractivity contribution is -0.265. The van der Waals surface area contributed by atoms with Crippen LogP contribution in [-0.4, -0.2) is 147 Å². The van der Waals surface area contributed by atoms with Crippen LogP contribution < -0.4 is 0 Å². The fourth-order valence-electron chi connectivity index (χ4n) is 9.64. The van der Waals surface area contributed by atoms with E-state index in [4.69, 9.17) is 33.2 Å². The van der Waals surface area contributed by atoms with Crippen LogP contribution >= 0.6 is 0 Å². The Hall–Kier alpha value is -3.41. The van der Waals surface area contributed by atoms with Crippen LogP contribution in [0.1, 0.15) is 124 Å². The SMILES string of the molecule is COCCO[C@@H]1CC[C@@H](CC[C@@H]2CC(=O)C/C=C(\C)[C@@H](O)[C@@H](OC)C(=O)[C@H](C)CC/C=C/C=C/C=C(\C)[C@@H](OC)C[C@@H]3CC[C@@H](C)[C@@](O)(O3)C(=O)C(=O)N3CCCC[C@H]3C(=O)O2)C[C@H]1OC. The zero-order valence-electron chi connectivity index (χ0n) is 40.8. The second-order valence-corrected chi connectivity index (χ2v) is 18.8. The van der Waals surface area contributed by atoms with Crippen molar-refractivity contribution in [1.82, 2.24) is 4.90 Å². The summed E-state index contributed by atoms with van der Waals surface area (Å²) in [5, 5.41) is 23.2. The molecule has 66 heavy (non-hydrogen) atoms. The lowest BCUT2D eigenvalue weighted by Gasteiger charge is -2.42. The number of fused-ring (bicyclic) bond motifs is 3. The number of rotatable bonds is 10. The molecule has 3 heterocycles. The van der Waals surface area contributed by atoms with Gasteiger partial charge in [-0.1, -0.05) is 50.3 Å². The molecule has 15 nitrogen and oxygen atoms in total. The van der Waals surface area contributed by atoms with Crippen molar-refractivity contribution < 1.29 is 67.3 Å². The van der Waals surface area contributed by atoms with Gasteiger partial charge in [0.1, 0.15) is 30.1 Å². The molecule has 1 amide bonds. The average molecular weight is 930 g/mol. The molecule has 2 saturated heterocycles. The van der Waals surface area contributed by atoms with Gasteiger partial charge in [-0.15, -0.1) is 0 Å². The Morgan fingerprint density at radius 3 is 2.30 bits per heavy atom. The molecule has 3 fully saturated rings. The van der Waals surface area contributed by atoms with Gasteiger partial charge in [-0.2, -0.15) is 0 Å². The molecule has 372 valence electrons. The molecule has 0 spiro atoms. The van der Waals surface area contributed by atoms with Crippen LogP contribution in [0.15, 0.2) is 47.6 Å². The number of ether oxygens (including phenoxy) is 7. The van der Waals surface area contributed by atoms with Crippen LogP contribution in [0.2, 0.25) is 0 Å². The second kappa shape index (κ2) is 27.6. The fourth-order valence-corrected chi connectivity index (χ4v) is 9.64. The maximum Gasteiger partial charge on any atom is 0.329 e. The van der Waals surface area contributed by atoms with Gasteiger partial charge in [-0.25, -0.2) is 4.79 Å². The number of carbonyl (C=O) groups is 5. The molecular weight excluding hydrogens is 851 g/mol. The Morgan fingerprint density at radius 2 is 1.59 bits per heavy atom. The number of aliphatic hydroxyl groups excluding tert-OH is 1. The van der Waals surface area contributed by atoms with Gasteiger partial charge >= 0.3 is 5.97 Å². The number of methoxy groups -OCH3 is 4. The van der Waals surface area contributed by atoms with Crippen molar-refractivity contribution in [3.8, 4) is 0 Å². The van der Waals surface area contributed by atoms with E-state index in [1.807, 2.05) is 37.3 Å². The van der Waals surface area contributed by atoms with Crippen LogP contribution in [0.5, 0.6) is 0 Å². The first-order valence-electron chi connectivity index (χ1n) is 24.1. The first-order valence-corrected chi connectivity index (χ1v) is 24.1. The predicted molar refractivity (Wildman–Crippen MR) is 247 cm³/mol. The van der Waals surface area contributed by atoms with Crippen molar-refractivity contribution in [1.29, 1.82) is 0 Å². The number of aliphatic hydroxyl groups is 2. The molecule has 0 unspecified atom stereocenters. The lowest BCUT2D eigenvalue weighted by Crippen LogP contribution is -2.60. The minimum absolute atomic E-state index is 0.0791. The number of allylic oxidation sites excluding steroid dienone is 6. The van der Waals surface area contributed by atoms with Gasteiger partial charge in [0.15, 0.2) is 5.78 Å². The summed E-state index contributed by atoms with van der Waals surface area (Å²) in [6.45, 7) is 8.08. The Morgan fingerprint density at radius 1 is 0.818 bits per heavy atom. The second-order valence-electron chi connectivity index (χ2n) is 18.8. The van der Waals surface area contributed by atoms with Crippen LogP contribution in [0.3, 0.4) is 0 Å². The average Bonchev–Trinajstić information content (AvgIpc) is 3.31. The number of ketones is 3. The molecule has 2 N–H and O–H groups in total.